The molecular formula is C24H33N3O3. The molecule has 1 aliphatic heterocycles. The van der Waals surface area contributed by atoms with Crippen LogP contribution in [0.5, 0.6) is 11.5 Å². The number of rotatable bonds is 9. The summed E-state index contributed by atoms with van der Waals surface area (Å²) in [4.78, 5) is 16.9. The van der Waals surface area contributed by atoms with Crippen LogP contribution in [0.2, 0.25) is 0 Å². The number of amides is 1. The molecule has 0 unspecified atom stereocenters. The van der Waals surface area contributed by atoms with Gasteiger partial charge in [-0.25, -0.2) is 0 Å². The van der Waals surface area contributed by atoms with E-state index in [9.17, 15) is 4.79 Å². The minimum atomic E-state index is 0.0582. The van der Waals surface area contributed by atoms with E-state index in [1.807, 2.05) is 31.2 Å². The number of carbonyl (C=O) groups is 1. The molecule has 30 heavy (non-hydrogen) atoms. The number of benzene rings is 2. The quantitative estimate of drug-likeness (QED) is 0.643. The molecule has 162 valence electrons. The van der Waals surface area contributed by atoms with Gasteiger partial charge in [0.05, 0.1) is 20.2 Å². The molecule has 2 aromatic rings. The lowest BCUT2D eigenvalue weighted by Gasteiger charge is -2.34. The number of hydrogen-bond donors (Lipinski definition) is 1. The molecular weight excluding hydrogens is 378 g/mol. The predicted molar refractivity (Wildman–Crippen MR) is 119 cm³/mol. The van der Waals surface area contributed by atoms with Crippen LogP contribution in [-0.2, 0) is 11.3 Å². The molecule has 1 aliphatic rings. The Kier molecular flexibility index (Phi) is 8.11. The molecule has 0 atom stereocenters. The van der Waals surface area contributed by atoms with Crippen LogP contribution in [-0.4, -0.2) is 68.7 Å². The summed E-state index contributed by atoms with van der Waals surface area (Å²) in [5.41, 5.74) is 3.62. The van der Waals surface area contributed by atoms with Gasteiger partial charge in [0.2, 0.25) is 5.91 Å². The maximum atomic E-state index is 12.2. The van der Waals surface area contributed by atoms with Crippen LogP contribution in [0.3, 0.4) is 0 Å². The smallest absolute Gasteiger partial charge is 0.234 e. The summed E-state index contributed by atoms with van der Waals surface area (Å²) >= 11 is 0. The predicted octanol–water partition coefficient (Wildman–Crippen LogP) is 2.62. The standard InChI is InChI=1S/C24H33N3O3/c1-19-4-9-23(20(2)16-19)30-15-10-25-24(28)18-27-13-11-26(12-14-27)17-21-5-7-22(29-3)8-6-21/h4-9,16H,10-15,17-18H2,1-3H3,(H,25,28). The van der Waals surface area contributed by atoms with Gasteiger partial charge in [0.25, 0.3) is 0 Å². The maximum absolute atomic E-state index is 12.2. The van der Waals surface area contributed by atoms with Gasteiger partial charge in [0, 0.05) is 32.7 Å². The fourth-order valence-electron chi connectivity index (χ4n) is 3.67. The first-order chi connectivity index (χ1) is 14.5. The normalized spacial score (nSPS) is 15.0. The van der Waals surface area contributed by atoms with E-state index in [1.54, 1.807) is 7.11 Å². The van der Waals surface area contributed by atoms with Crippen molar-refractivity contribution in [2.45, 2.75) is 20.4 Å². The second-order valence-corrected chi connectivity index (χ2v) is 7.87. The Morgan fingerprint density at radius 1 is 1.00 bits per heavy atom. The van der Waals surface area contributed by atoms with Gasteiger partial charge in [0.1, 0.15) is 18.1 Å². The average molecular weight is 412 g/mol. The van der Waals surface area contributed by atoms with Crippen LogP contribution in [0.1, 0.15) is 16.7 Å². The van der Waals surface area contributed by atoms with Crippen LogP contribution >= 0.6 is 0 Å². The third-order valence-electron chi connectivity index (χ3n) is 5.41. The third kappa shape index (κ3) is 6.75. The molecule has 2 aromatic carbocycles. The zero-order chi connectivity index (χ0) is 21.3. The lowest BCUT2D eigenvalue weighted by Crippen LogP contribution is -2.49. The summed E-state index contributed by atoms with van der Waals surface area (Å²) in [5, 5.41) is 2.96. The van der Waals surface area contributed by atoms with E-state index in [4.69, 9.17) is 9.47 Å². The summed E-state index contributed by atoms with van der Waals surface area (Å²) in [6.45, 7) is 10.2. The Balaban J connectivity index is 1.31. The van der Waals surface area contributed by atoms with Crippen LogP contribution in [0.25, 0.3) is 0 Å². The van der Waals surface area contributed by atoms with Gasteiger partial charge >= 0.3 is 0 Å². The molecule has 1 N–H and O–H groups in total. The summed E-state index contributed by atoms with van der Waals surface area (Å²) in [6.07, 6.45) is 0. The van der Waals surface area contributed by atoms with E-state index in [0.29, 0.717) is 19.7 Å². The molecule has 0 spiro atoms. The van der Waals surface area contributed by atoms with Gasteiger partial charge in [-0.1, -0.05) is 29.8 Å². The first-order valence-electron chi connectivity index (χ1n) is 10.6. The highest BCUT2D eigenvalue weighted by atomic mass is 16.5. The van der Waals surface area contributed by atoms with Gasteiger partial charge in [-0.2, -0.15) is 0 Å². The fraction of sp³-hybridized carbons (Fsp3) is 0.458. The molecule has 0 saturated carbocycles. The molecule has 0 aromatic heterocycles. The largest absolute Gasteiger partial charge is 0.497 e. The first-order valence-corrected chi connectivity index (χ1v) is 10.6. The zero-order valence-electron chi connectivity index (χ0n) is 18.3. The van der Waals surface area contributed by atoms with E-state index >= 15 is 0 Å². The molecule has 0 radical (unpaired) electrons. The van der Waals surface area contributed by atoms with Crippen molar-refractivity contribution in [1.82, 2.24) is 15.1 Å². The molecule has 0 aliphatic carbocycles. The molecule has 3 rings (SSSR count). The Labute approximate surface area is 179 Å². The highest BCUT2D eigenvalue weighted by Crippen LogP contribution is 2.18. The average Bonchev–Trinajstić information content (AvgIpc) is 2.74. The summed E-state index contributed by atoms with van der Waals surface area (Å²) in [6, 6.07) is 14.3. The van der Waals surface area contributed by atoms with E-state index < -0.39 is 0 Å². The van der Waals surface area contributed by atoms with Gasteiger partial charge in [-0.3, -0.25) is 14.6 Å². The lowest BCUT2D eigenvalue weighted by molar-refractivity contribution is -0.122. The Bertz CT molecular complexity index is 815. The van der Waals surface area contributed by atoms with Crippen molar-refractivity contribution >= 4 is 5.91 Å². The maximum Gasteiger partial charge on any atom is 0.234 e. The van der Waals surface area contributed by atoms with Crippen molar-refractivity contribution < 1.29 is 14.3 Å². The number of piperazine rings is 1. The molecule has 1 saturated heterocycles. The Morgan fingerprint density at radius 3 is 2.37 bits per heavy atom. The molecule has 6 heteroatoms. The Hall–Kier alpha value is -2.57. The molecule has 1 heterocycles. The number of carbonyl (C=O) groups excluding carboxylic acids is 1. The van der Waals surface area contributed by atoms with Crippen molar-refractivity contribution in [2.75, 3.05) is 53.0 Å². The van der Waals surface area contributed by atoms with Crippen LogP contribution in [0, 0.1) is 13.8 Å². The topological polar surface area (TPSA) is 54.0 Å². The van der Waals surface area contributed by atoms with Crippen LogP contribution in [0.4, 0.5) is 0 Å². The number of methoxy groups -OCH3 is 1. The van der Waals surface area contributed by atoms with Crippen molar-refractivity contribution in [3.63, 3.8) is 0 Å². The van der Waals surface area contributed by atoms with Gasteiger partial charge in [-0.05, 0) is 43.2 Å². The second-order valence-electron chi connectivity index (χ2n) is 7.87. The fourth-order valence-corrected chi connectivity index (χ4v) is 3.67. The van der Waals surface area contributed by atoms with E-state index in [2.05, 4.69) is 40.2 Å². The molecule has 1 fully saturated rings. The van der Waals surface area contributed by atoms with Gasteiger partial charge in [0.15, 0.2) is 0 Å². The monoisotopic (exact) mass is 411 g/mol. The highest BCUT2D eigenvalue weighted by Gasteiger charge is 2.19. The number of hydrogen-bond acceptors (Lipinski definition) is 5. The number of nitrogens with one attached hydrogen (secondary N) is 1. The number of aryl methyl sites for hydroxylation is 2. The highest BCUT2D eigenvalue weighted by molar-refractivity contribution is 5.78. The van der Waals surface area contributed by atoms with E-state index in [1.165, 1.54) is 11.1 Å². The second kappa shape index (κ2) is 11.0. The summed E-state index contributed by atoms with van der Waals surface area (Å²) in [7, 11) is 1.68. The minimum absolute atomic E-state index is 0.0582. The van der Waals surface area contributed by atoms with Crippen molar-refractivity contribution in [2.24, 2.45) is 0 Å². The molecule has 1 amide bonds. The van der Waals surface area contributed by atoms with E-state index in [0.717, 1.165) is 49.8 Å². The van der Waals surface area contributed by atoms with E-state index in [-0.39, 0.29) is 5.91 Å². The summed E-state index contributed by atoms with van der Waals surface area (Å²) in [5.74, 6) is 1.82. The number of nitrogens with zero attached hydrogens (tertiary/aromatic N) is 2. The molecule has 0 bridgehead atoms. The lowest BCUT2D eigenvalue weighted by atomic mass is 10.1. The van der Waals surface area contributed by atoms with Crippen molar-refractivity contribution in [3.05, 3.63) is 59.2 Å². The summed E-state index contributed by atoms with van der Waals surface area (Å²) < 4.78 is 11.0. The van der Waals surface area contributed by atoms with Gasteiger partial charge in [-0.15, -0.1) is 0 Å². The van der Waals surface area contributed by atoms with Crippen molar-refractivity contribution in [1.29, 1.82) is 0 Å². The Morgan fingerprint density at radius 2 is 1.70 bits per heavy atom. The minimum Gasteiger partial charge on any atom is -0.497 e. The first kappa shape index (κ1) is 22.1. The zero-order valence-corrected chi connectivity index (χ0v) is 18.3. The van der Waals surface area contributed by atoms with Crippen LogP contribution in [0.15, 0.2) is 42.5 Å². The number of ether oxygens (including phenoxy) is 2. The molecule has 6 nitrogen and oxygen atoms in total. The SMILES string of the molecule is COc1ccc(CN2CCN(CC(=O)NCCOc3ccc(C)cc3C)CC2)cc1. The van der Waals surface area contributed by atoms with Crippen LogP contribution < -0.4 is 14.8 Å². The van der Waals surface area contributed by atoms with Crippen molar-refractivity contribution in [3.8, 4) is 11.5 Å². The van der Waals surface area contributed by atoms with Gasteiger partial charge < -0.3 is 14.8 Å². The third-order valence-corrected chi connectivity index (χ3v) is 5.41.